The molecule has 1 aromatic rings. The van der Waals surface area contributed by atoms with Gasteiger partial charge < -0.3 is 16.4 Å². The molecule has 0 unspecified atom stereocenters. The third kappa shape index (κ3) is 2.33. The van der Waals surface area contributed by atoms with Gasteiger partial charge in [-0.05, 0) is 43.0 Å². The molecule has 1 aliphatic heterocycles. The second-order valence-electron chi connectivity index (χ2n) is 5.50. The molecule has 100 valence electrons. The number of nitrogens with two attached hydrogens (primary N) is 1. The van der Waals surface area contributed by atoms with Crippen molar-refractivity contribution in [3.8, 4) is 0 Å². The van der Waals surface area contributed by atoms with Crippen LogP contribution in [0.5, 0.6) is 0 Å². The maximum Gasteiger partial charge on any atom is 0.251 e. The predicted molar refractivity (Wildman–Crippen MR) is 71.9 cm³/mol. The number of anilines is 1. The molecule has 0 bridgehead atoms. The van der Waals surface area contributed by atoms with Crippen molar-refractivity contribution in [2.24, 2.45) is 5.73 Å². The Kier molecular flexibility index (Phi) is 2.78. The van der Waals surface area contributed by atoms with Crippen LogP contribution < -0.4 is 16.4 Å². The van der Waals surface area contributed by atoms with Crippen LogP contribution in [-0.2, 0) is 11.2 Å². The Morgan fingerprint density at radius 3 is 2.89 bits per heavy atom. The first-order valence-electron chi connectivity index (χ1n) is 6.56. The van der Waals surface area contributed by atoms with Crippen LogP contribution in [-0.4, -0.2) is 23.9 Å². The van der Waals surface area contributed by atoms with Crippen LogP contribution in [0, 0.1) is 0 Å². The molecule has 1 saturated carbocycles. The first-order chi connectivity index (χ1) is 9.06. The van der Waals surface area contributed by atoms with Gasteiger partial charge in [0.1, 0.15) is 0 Å². The topological polar surface area (TPSA) is 84.2 Å². The highest BCUT2D eigenvalue weighted by Gasteiger charge is 2.32. The lowest BCUT2D eigenvalue weighted by Crippen LogP contribution is -2.54. The molecule has 1 aromatic carbocycles. The van der Waals surface area contributed by atoms with Crippen molar-refractivity contribution < 1.29 is 9.59 Å². The minimum absolute atomic E-state index is 0.0251. The van der Waals surface area contributed by atoms with Crippen LogP contribution in [0.2, 0.25) is 0 Å². The number of carbonyl (C=O) groups excluding carboxylic acids is 2. The van der Waals surface area contributed by atoms with Gasteiger partial charge >= 0.3 is 0 Å². The Balaban J connectivity index is 1.67. The summed E-state index contributed by atoms with van der Waals surface area (Å²) in [7, 11) is 0. The SMILES string of the molecule is NC1(CNC(=O)c2ccc3c(c2)CC(=O)N3)CCC1. The lowest BCUT2D eigenvalue weighted by molar-refractivity contribution is -0.115. The van der Waals surface area contributed by atoms with Crippen LogP contribution in [0.1, 0.15) is 35.2 Å². The molecule has 0 atom stereocenters. The number of amides is 2. The predicted octanol–water partition coefficient (Wildman–Crippen LogP) is 0.792. The summed E-state index contributed by atoms with van der Waals surface area (Å²) in [6, 6.07) is 5.27. The fraction of sp³-hybridized carbons (Fsp3) is 0.429. The van der Waals surface area contributed by atoms with Crippen LogP contribution in [0.4, 0.5) is 5.69 Å². The van der Waals surface area contributed by atoms with Crippen LogP contribution in [0.25, 0.3) is 0 Å². The molecular weight excluding hydrogens is 242 g/mol. The Labute approximate surface area is 111 Å². The molecule has 1 aliphatic carbocycles. The lowest BCUT2D eigenvalue weighted by Gasteiger charge is -2.38. The van der Waals surface area contributed by atoms with Gasteiger partial charge in [0.05, 0.1) is 6.42 Å². The number of hydrogen-bond acceptors (Lipinski definition) is 3. The molecule has 0 saturated heterocycles. The summed E-state index contributed by atoms with van der Waals surface area (Å²) >= 11 is 0. The maximum absolute atomic E-state index is 12.0. The monoisotopic (exact) mass is 259 g/mol. The molecule has 5 nitrogen and oxygen atoms in total. The van der Waals surface area contributed by atoms with Crippen molar-refractivity contribution in [1.29, 1.82) is 0 Å². The lowest BCUT2D eigenvalue weighted by atomic mass is 9.78. The third-order valence-corrected chi connectivity index (χ3v) is 3.94. The highest BCUT2D eigenvalue weighted by molar-refractivity contribution is 6.01. The minimum atomic E-state index is -0.218. The van der Waals surface area contributed by atoms with E-state index < -0.39 is 0 Å². The summed E-state index contributed by atoms with van der Waals surface area (Å²) in [5.41, 5.74) is 8.11. The van der Waals surface area contributed by atoms with Gasteiger partial charge in [-0.15, -0.1) is 0 Å². The molecule has 2 amide bonds. The van der Waals surface area contributed by atoms with E-state index in [0.717, 1.165) is 30.5 Å². The maximum atomic E-state index is 12.0. The quantitative estimate of drug-likeness (QED) is 0.750. The van der Waals surface area contributed by atoms with Gasteiger partial charge in [0.2, 0.25) is 5.91 Å². The summed E-state index contributed by atoms with van der Waals surface area (Å²) in [6.45, 7) is 0.514. The fourth-order valence-electron chi connectivity index (χ4n) is 2.54. The van der Waals surface area contributed by atoms with Crippen molar-refractivity contribution >= 4 is 17.5 Å². The smallest absolute Gasteiger partial charge is 0.251 e. The Morgan fingerprint density at radius 1 is 1.42 bits per heavy atom. The zero-order valence-corrected chi connectivity index (χ0v) is 10.7. The van der Waals surface area contributed by atoms with E-state index in [-0.39, 0.29) is 17.4 Å². The van der Waals surface area contributed by atoms with Gasteiger partial charge in [0.25, 0.3) is 5.91 Å². The van der Waals surface area contributed by atoms with Gasteiger partial charge in [-0.25, -0.2) is 0 Å². The highest BCUT2D eigenvalue weighted by atomic mass is 16.2. The molecule has 0 aromatic heterocycles. The van der Waals surface area contributed by atoms with Crippen LogP contribution >= 0.6 is 0 Å². The molecule has 5 heteroatoms. The summed E-state index contributed by atoms with van der Waals surface area (Å²) < 4.78 is 0. The van der Waals surface area contributed by atoms with Gasteiger partial charge in [-0.3, -0.25) is 9.59 Å². The zero-order chi connectivity index (χ0) is 13.5. The van der Waals surface area contributed by atoms with Gasteiger partial charge in [-0.1, -0.05) is 0 Å². The molecule has 0 radical (unpaired) electrons. The summed E-state index contributed by atoms with van der Waals surface area (Å²) in [4.78, 5) is 23.3. The number of fused-ring (bicyclic) bond motifs is 1. The summed E-state index contributed by atoms with van der Waals surface area (Å²) in [6.07, 6.45) is 3.42. The molecule has 2 aliphatic rings. The Morgan fingerprint density at radius 2 is 2.21 bits per heavy atom. The van der Waals surface area contributed by atoms with E-state index in [4.69, 9.17) is 5.73 Å². The van der Waals surface area contributed by atoms with Gasteiger partial charge in [0.15, 0.2) is 0 Å². The third-order valence-electron chi connectivity index (χ3n) is 3.94. The fourth-order valence-corrected chi connectivity index (χ4v) is 2.54. The first-order valence-corrected chi connectivity index (χ1v) is 6.56. The molecule has 1 fully saturated rings. The van der Waals surface area contributed by atoms with E-state index in [1.807, 2.05) is 0 Å². The van der Waals surface area contributed by atoms with Gasteiger partial charge in [0, 0.05) is 23.3 Å². The molecule has 1 heterocycles. The van der Waals surface area contributed by atoms with Crippen molar-refractivity contribution in [2.45, 2.75) is 31.2 Å². The van der Waals surface area contributed by atoms with E-state index in [1.165, 1.54) is 0 Å². The van der Waals surface area contributed by atoms with E-state index in [2.05, 4.69) is 10.6 Å². The Hall–Kier alpha value is -1.88. The second kappa shape index (κ2) is 4.35. The Bertz CT molecular complexity index is 550. The minimum Gasteiger partial charge on any atom is -0.350 e. The number of rotatable bonds is 3. The van der Waals surface area contributed by atoms with Gasteiger partial charge in [-0.2, -0.15) is 0 Å². The van der Waals surface area contributed by atoms with Crippen LogP contribution in [0.15, 0.2) is 18.2 Å². The standard InChI is InChI=1S/C14H17N3O2/c15-14(4-1-5-14)8-16-13(19)9-2-3-11-10(6-9)7-12(18)17-11/h2-3,6H,1,4-5,7-8,15H2,(H,16,19)(H,17,18). The molecular formula is C14H17N3O2. The van der Waals surface area contributed by atoms with E-state index >= 15 is 0 Å². The molecule has 4 N–H and O–H groups in total. The van der Waals surface area contributed by atoms with E-state index in [9.17, 15) is 9.59 Å². The number of hydrogen-bond donors (Lipinski definition) is 3. The van der Waals surface area contributed by atoms with Crippen molar-refractivity contribution in [3.05, 3.63) is 29.3 Å². The van der Waals surface area contributed by atoms with E-state index in [1.54, 1.807) is 18.2 Å². The normalized spacial score (nSPS) is 19.3. The van der Waals surface area contributed by atoms with Crippen LogP contribution in [0.3, 0.4) is 0 Å². The largest absolute Gasteiger partial charge is 0.350 e. The van der Waals surface area contributed by atoms with Crippen molar-refractivity contribution in [2.75, 3.05) is 11.9 Å². The van der Waals surface area contributed by atoms with Crippen molar-refractivity contribution in [3.63, 3.8) is 0 Å². The average Bonchev–Trinajstić information content (AvgIpc) is 2.72. The van der Waals surface area contributed by atoms with E-state index in [0.29, 0.717) is 18.5 Å². The molecule has 3 rings (SSSR count). The summed E-state index contributed by atoms with van der Waals surface area (Å²) in [5.74, 6) is -0.151. The number of benzene rings is 1. The first kappa shape index (κ1) is 12.2. The second-order valence-corrected chi connectivity index (χ2v) is 5.50. The van der Waals surface area contributed by atoms with Crippen molar-refractivity contribution in [1.82, 2.24) is 5.32 Å². The number of carbonyl (C=O) groups is 2. The zero-order valence-electron chi connectivity index (χ0n) is 10.7. The summed E-state index contributed by atoms with van der Waals surface area (Å²) in [5, 5.41) is 5.62. The molecule has 0 spiro atoms. The molecule has 19 heavy (non-hydrogen) atoms. The highest BCUT2D eigenvalue weighted by Crippen LogP contribution is 2.28. The average molecular weight is 259 g/mol. The number of nitrogens with one attached hydrogen (secondary N) is 2.